The van der Waals surface area contributed by atoms with E-state index in [4.69, 9.17) is 37.4 Å². The van der Waals surface area contributed by atoms with E-state index in [0.29, 0.717) is 41.2 Å². The van der Waals surface area contributed by atoms with Gasteiger partial charge in [0.25, 0.3) is 0 Å². The molecule has 0 radical (unpaired) electrons. The first-order valence-electron chi connectivity index (χ1n) is 7.55. The Hall–Kier alpha value is -1.62. The lowest BCUT2D eigenvalue weighted by Crippen LogP contribution is -2.21. The number of rotatable bonds is 8. The van der Waals surface area contributed by atoms with Crippen molar-refractivity contribution in [3.8, 4) is 17.2 Å². The quantitative estimate of drug-likeness (QED) is 0.696. The molecule has 2 aromatic carbocycles. The van der Waals surface area contributed by atoms with Crippen LogP contribution in [-0.2, 0) is 6.54 Å². The fourth-order valence-corrected chi connectivity index (χ4v) is 2.71. The van der Waals surface area contributed by atoms with Crippen LogP contribution < -0.4 is 19.5 Å². The monoisotopic (exact) mass is 369 g/mol. The molecule has 0 spiro atoms. The second-order valence-corrected chi connectivity index (χ2v) is 6.08. The normalized spacial score (nSPS) is 10.5. The summed E-state index contributed by atoms with van der Waals surface area (Å²) < 4.78 is 16.3. The van der Waals surface area contributed by atoms with Crippen LogP contribution in [0.25, 0.3) is 0 Å². The Morgan fingerprint density at radius 2 is 1.67 bits per heavy atom. The van der Waals surface area contributed by atoms with Gasteiger partial charge in [-0.25, -0.2) is 0 Å². The van der Waals surface area contributed by atoms with Gasteiger partial charge in [-0.2, -0.15) is 0 Å². The van der Waals surface area contributed by atoms with E-state index >= 15 is 0 Å². The van der Waals surface area contributed by atoms with Crippen molar-refractivity contribution in [3.63, 3.8) is 0 Å². The molecule has 0 unspecified atom stereocenters. The molecule has 2 rings (SSSR count). The number of methoxy groups -OCH3 is 2. The minimum absolute atomic E-state index is 0.549. The highest BCUT2D eigenvalue weighted by molar-refractivity contribution is 6.31. The fourth-order valence-electron chi connectivity index (χ4n) is 2.26. The molecule has 0 saturated heterocycles. The summed E-state index contributed by atoms with van der Waals surface area (Å²) in [6.07, 6.45) is 0. The predicted octanol–water partition coefficient (Wildman–Crippen LogP) is 4.49. The molecular formula is C18H21Cl2NO3. The van der Waals surface area contributed by atoms with Crippen LogP contribution in [0.15, 0.2) is 30.3 Å². The summed E-state index contributed by atoms with van der Waals surface area (Å²) in [6, 6.07) is 9.21. The van der Waals surface area contributed by atoms with Crippen LogP contribution in [0.3, 0.4) is 0 Å². The smallest absolute Gasteiger partial charge is 0.162 e. The van der Waals surface area contributed by atoms with Crippen LogP contribution in [0.2, 0.25) is 10.0 Å². The van der Waals surface area contributed by atoms with Crippen molar-refractivity contribution in [2.24, 2.45) is 0 Å². The van der Waals surface area contributed by atoms with E-state index in [-0.39, 0.29) is 0 Å². The maximum Gasteiger partial charge on any atom is 0.162 e. The first kappa shape index (κ1) is 18.7. The summed E-state index contributed by atoms with van der Waals surface area (Å²) in [7, 11) is 3.19. The Morgan fingerprint density at radius 1 is 0.958 bits per heavy atom. The third-order valence-electron chi connectivity index (χ3n) is 3.54. The van der Waals surface area contributed by atoms with Crippen molar-refractivity contribution in [1.29, 1.82) is 0 Å². The van der Waals surface area contributed by atoms with Gasteiger partial charge in [0.15, 0.2) is 11.5 Å². The second-order valence-electron chi connectivity index (χ2n) is 5.23. The van der Waals surface area contributed by atoms with E-state index in [1.807, 2.05) is 31.2 Å². The van der Waals surface area contributed by atoms with E-state index in [1.54, 1.807) is 20.3 Å². The molecule has 0 bridgehead atoms. The number of hydrogen-bond acceptors (Lipinski definition) is 4. The Morgan fingerprint density at radius 3 is 2.33 bits per heavy atom. The zero-order valence-electron chi connectivity index (χ0n) is 14.0. The maximum absolute atomic E-state index is 6.26. The summed E-state index contributed by atoms with van der Waals surface area (Å²) in [5.74, 6) is 2.12. The minimum Gasteiger partial charge on any atom is -0.493 e. The van der Waals surface area contributed by atoms with E-state index in [0.717, 1.165) is 16.9 Å². The molecule has 0 aliphatic rings. The lowest BCUT2D eigenvalue weighted by molar-refractivity contribution is 0.311. The van der Waals surface area contributed by atoms with Gasteiger partial charge in [0.05, 0.1) is 14.2 Å². The van der Waals surface area contributed by atoms with Crippen molar-refractivity contribution >= 4 is 23.2 Å². The SMILES string of the molecule is COc1cc(Cl)c(CNCCOc2ccc(Cl)cc2C)cc1OC. The van der Waals surface area contributed by atoms with Crippen molar-refractivity contribution < 1.29 is 14.2 Å². The average molecular weight is 370 g/mol. The topological polar surface area (TPSA) is 39.7 Å². The second kappa shape index (κ2) is 9.02. The van der Waals surface area contributed by atoms with Gasteiger partial charge in [0.1, 0.15) is 12.4 Å². The molecule has 0 saturated carbocycles. The summed E-state index contributed by atoms with van der Waals surface area (Å²) >= 11 is 12.2. The van der Waals surface area contributed by atoms with Crippen molar-refractivity contribution in [2.75, 3.05) is 27.4 Å². The molecule has 1 N–H and O–H groups in total. The highest BCUT2D eigenvalue weighted by Crippen LogP contribution is 2.32. The number of halogens is 2. The molecule has 0 fully saturated rings. The average Bonchev–Trinajstić information content (AvgIpc) is 2.57. The van der Waals surface area contributed by atoms with E-state index in [9.17, 15) is 0 Å². The van der Waals surface area contributed by atoms with Crippen molar-refractivity contribution in [3.05, 3.63) is 51.5 Å². The first-order chi connectivity index (χ1) is 11.5. The Kier molecular flexibility index (Phi) is 7.03. The number of ether oxygens (including phenoxy) is 3. The molecule has 130 valence electrons. The fraction of sp³-hybridized carbons (Fsp3) is 0.333. The predicted molar refractivity (Wildman–Crippen MR) is 97.9 cm³/mol. The number of aryl methyl sites for hydroxylation is 1. The Balaban J connectivity index is 1.84. The van der Waals surface area contributed by atoms with E-state index in [1.165, 1.54) is 0 Å². The maximum atomic E-state index is 6.26. The molecule has 2 aromatic rings. The number of hydrogen-bond donors (Lipinski definition) is 1. The molecule has 0 atom stereocenters. The van der Waals surface area contributed by atoms with Crippen LogP contribution >= 0.6 is 23.2 Å². The van der Waals surface area contributed by atoms with E-state index in [2.05, 4.69) is 5.32 Å². The van der Waals surface area contributed by atoms with Crippen LogP contribution in [0, 0.1) is 6.92 Å². The van der Waals surface area contributed by atoms with Crippen LogP contribution in [-0.4, -0.2) is 27.4 Å². The van der Waals surface area contributed by atoms with Gasteiger partial charge in [0.2, 0.25) is 0 Å². The lowest BCUT2D eigenvalue weighted by Gasteiger charge is -2.13. The molecule has 0 amide bonds. The van der Waals surface area contributed by atoms with E-state index < -0.39 is 0 Å². The van der Waals surface area contributed by atoms with Crippen LogP contribution in [0.4, 0.5) is 0 Å². The molecule has 0 heterocycles. The zero-order chi connectivity index (χ0) is 17.5. The zero-order valence-corrected chi connectivity index (χ0v) is 15.5. The van der Waals surface area contributed by atoms with Crippen LogP contribution in [0.5, 0.6) is 17.2 Å². The molecule has 6 heteroatoms. The third kappa shape index (κ3) is 4.94. The summed E-state index contributed by atoms with van der Waals surface area (Å²) in [5.41, 5.74) is 1.96. The third-order valence-corrected chi connectivity index (χ3v) is 4.13. The highest BCUT2D eigenvalue weighted by atomic mass is 35.5. The Bertz CT molecular complexity index is 692. The van der Waals surface area contributed by atoms with Crippen molar-refractivity contribution in [1.82, 2.24) is 5.32 Å². The molecule has 0 aromatic heterocycles. The molecule has 0 aliphatic heterocycles. The van der Waals surface area contributed by atoms with Gasteiger partial charge in [-0.1, -0.05) is 23.2 Å². The summed E-state index contributed by atoms with van der Waals surface area (Å²) in [4.78, 5) is 0. The molecular weight excluding hydrogens is 349 g/mol. The standard InChI is InChI=1S/C18H21Cl2NO3/c1-12-8-14(19)4-5-16(12)24-7-6-21-11-13-9-17(22-2)18(23-3)10-15(13)20/h4-5,8-10,21H,6-7,11H2,1-3H3. The van der Waals surface area contributed by atoms with Gasteiger partial charge in [0, 0.05) is 29.2 Å². The molecule has 4 nitrogen and oxygen atoms in total. The minimum atomic E-state index is 0.549. The van der Waals surface area contributed by atoms with Crippen LogP contribution in [0.1, 0.15) is 11.1 Å². The number of nitrogens with one attached hydrogen (secondary N) is 1. The Labute approximate surface area is 152 Å². The summed E-state index contributed by atoms with van der Waals surface area (Å²) in [5, 5.41) is 4.64. The van der Waals surface area contributed by atoms with Gasteiger partial charge in [-0.05, 0) is 42.3 Å². The highest BCUT2D eigenvalue weighted by Gasteiger charge is 2.09. The van der Waals surface area contributed by atoms with Gasteiger partial charge in [-0.3, -0.25) is 0 Å². The lowest BCUT2D eigenvalue weighted by atomic mass is 10.2. The summed E-state index contributed by atoms with van der Waals surface area (Å²) in [6.45, 7) is 3.82. The largest absolute Gasteiger partial charge is 0.493 e. The molecule has 24 heavy (non-hydrogen) atoms. The first-order valence-corrected chi connectivity index (χ1v) is 8.30. The number of benzene rings is 2. The van der Waals surface area contributed by atoms with Gasteiger partial charge in [-0.15, -0.1) is 0 Å². The molecule has 0 aliphatic carbocycles. The van der Waals surface area contributed by atoms with Gasteiger partial charge >= 0.3 is 0 Å². The van der Waals surface area contributed by atoms with Gasteiger partial charge < -0.3 is 19.5 Å². The van der Waals surface area contributed by atoms with Crippen molar-refractivity contribution in [2.45, 2.75) is 13.5 Å².